The van der Waals surface area contributed by atoms with E-state index in [0.717, 1.165) is 20.6 Å². The summed E-state index contributed by atoms with van der Waals surface area (Å²) in [6.45, 7) is 3.33. The van der Waals surface area contributed by atoms with E-state index in [1.165, 1.54) is 0 Å². The fourth-order valence-electron chi connectivity index (χ4n) is 3.11. The molecular formula is C22H22BrN3O5. The van der Waals surface area contributed by atoms with Gasteiger partial charge < -0.3 is 10.1 Å². The summed E-state index contributed by atoms with van der Waals surface area (Å²) in [4.78, 5) is 48.9. The van der Waals surface area contributed by atoms with Crippen molar-refractivity contribution in [3.05, 3.63) is 63.6 Å². The number of halogens is 1. The standard InChI is InChI=1S/C22H22BrN3O5/c1-13-14(2)18(9-8-17(13)23)24-19(27)12-31-22(30)16-10-20(28)26(11-16)25-21(29)15-6-4-3-5-7-15/h3-9,16H,10-12H2,1-2H3,(H,24,27)(H,25,29)/t16-/m0/s1. The van der Waals surface area contributed by atoms with E-state index in [-0.39, 0.29) is 13.0 Å². The number of hydrogen-bond donors (Lipinski definition) is 2. The number of hydrogen-bond acceptors (Lipinski definition) is 5. The number of nitrogens with zero attached hydrogens (tertiary/aromatic N) is 1. The van der Waals surface area contributed by atoms with E-state index < -0.39 is 36.2 Å². The maximum absolute atomic E-state index is 12.3. The van der Waals surface area contributed by atoms with Gasteiger partial charge in [-0.05, 0) is 49.2 Å². The van der Waals surface area contributed by atoms with Crippen molar-refractivity contribution in [2.24, 2.45) is 5.92 Å². The SMILES string of the molecule is Cc1c(Br)ccc(NC(=O)COC(=O)[C@H]2CC(=O)N(NC(=O)c3ccccc3)C2)c1C. The molecule has 0 aromatic heterocycles. The van der Waals surface area contributed by atoms with Gasteiger partial charge in [-0.15, -0.1) is 0 Å². The van der Waals surface area contributed by atoms with Gasteiger partial charge in [-0.2, -0.15) is 0 Å². The van der Waals surface area contributed by atoms with Crippen LogP contribution in [0.25, 0.3) is 0 Å². The van der Waals surface area contributed by atoms with E-state index >= 15 is 0 Å². The van der Waals surface area contributed by atoms with Crippen LogP contribution in [0.5, 0.6) is 0 Å². The lowest BCUT2D eigenvalue weighted by Crippen LogP contribution is -2.43. The molecule has 0 bridgehead atoms. The van der Waals surface area contributed by atoms with Crippen molar-refractivity contribution < 1.29 is 23.9 Å². The van der Waals surface area contributed by atoms with Crippen molar-refractivity contribution in [3.63, 3.8) is 0 Å². The van der Waals surface area contributed by atoms with E-state index in [1.807, 2.05) is 19.9 Å². The zero-order valence-corrected chi connectivity index (χ0v) is 18.7. The summed E-state index contributed by atoms with van der Waals surface area (Å²) in [6, 6.07) is 12.0. The second-order valence-corrected chi connectivity index (χ2v) is 8.07. The Morgan fingerprint density at radius 2 is 1.81 bits per heavy atom. The van der Waals surface area contributed by atoms with Crippen molar-refractivity contribution in [1.29, 1.82) is 0 Å². The number of carbonyl (C=O) groups is 4. The van der Waals surface area contributed by atoms with Crippen LogP contribution >= 0.6 is 15.9 Å². The Labute approximate surface area is 188 Å². The van der Waals surface area contributed by atoms with Crippen LogP contribution in [0.15, 0.2) is 46.9 Å². The molecule has 0 unspecified atom stereocenters. The highest BCUT2D eigenvalue weighted by molar-refractivity contribution is 9.10. The van der Waals surface area contributed by atoms with Gasteiger partial charge in [0.15, 0.2) is 6.61 Å². The highest BCUT2D eigenvalue weighted by Crippen LogP contribution is 2.25. The van der Waals surface area contributed by atoms with Crippen molar-refractivity contribution in [2.45, 2.75) is 20.3 Å². The number of rotatable bonds is 6. The quantitative estimate of drug-likeness (QED) is 0.609. The molecule has 3 amide bonds. The van der Waals surface area contributed by atoms with Crippen LogP contribution in [-0.4, -0.2) is 41.9 Å². The maximum Gasteiger partial charge on any atom is 0.311 e. The molecule has 1 heterocycles. The summed E-state index contributed by atoms with van der Waals surface area (Å²) in [5, 5.41) is 3.82. The molecule has 31 heavy (non-hydrogen) atoms. The fraction of sp³-hybridized carbons (Fsp3) is 0.273. The number of carbonyl (C=O) groups excluding carboxylic acids is 4. The lowest BCUT2D eigenvalue weighted by Gasteiger charge is -2.17. The van der Waals surface area contributed by atoms with Gasteiger partial charge in [-0.1, -0.05) is 34.1 Å². The Balaban J connectivity index is 1.50. The average Bonchev–Trinajstić information content (AvgIpc) is 3.13. The molecule has 2 aromatic rings. The van der Waals surface area contributed by atoms with Crippen molar-refractivity contribution in [2.75, 3.05) is 18.5 Å². The first-order valence-electron chi connectivity index (χ1n) is 9.65. The number of amides is 3. The lowest BCUT2D eigenvalue weighted by atomic mass is 10.1. The minimum atomic E-state index is -0.756. The van der Waals surface area contributed by atoms with Gasteiger partial charge >= 0.3 is 5.97 Å². The Kier molecular flexibility index (Phi) is 7.06. The topological polar surface area (TPSA) is 105 Å². The highest BCUT2D eigenvalue weighted by atomic mass is 79.9. The molecule has 1 fully saturated rings. The minimum Gasteiger partial charge on any atom is -0.455 e. The summed E-state index contributed by atoms with van der Waals surface area (Å²) in [5.74, 6) is -2.73. The molecule has 2 N–H and O–H groups in total. The minimum absolute atomic E-state index is 0.0110. The number of hydrazine groups is 1. The first-order valence-corrected chi connectivity index (χ1v) is 10.4. The van der Waals surface area contributed by atoms with E-state index in [9.17, 15) is 19.2 Å². The largest absolute Gasteiger partial charge is 0.455 e. The summed E-state index contributed by atoms with van der Waals surface area (Å²) >= 11 is 3.43. The van der Waals surface area contributed by atoms with Crippen molar-refractivity contribution >= 4 is 45.3 Å². The summed E-state index contributed by atoms with van der Waals surface area (Å²) in [7, 11) is 0. The normalized spacial score (nSPS) is 15.5. The van der Waals surface area contributed by atoms with Gasteiger partial charge in [0.2, 0.25) is 5.91 Å². The van der Waals surface area contributed by atoms with Gasteiger partial charge in [0.1, 0.15) is 0 Å². The third-order valence-corrected chi connectivity index (χ3v) is 5.93. The monoisotopic (exact) mass is 487 g/mol. The highest BCUT2D eigenvalue weighted by Gasteiger charge is 2.36. The van der Waals surface area contributed by atoms with Crippen molar-refractivity contribution in [3.8, 4) is 0 Å². The maximum atomic E-state index is 12.3. The third-order valence-electron chi connectivity index (χ3n) is 5.07. The molecule has 3 rings (SSSR count). The molecule has 0 spiro atoms. The zero-order chi connectivity index (χ0) is 22.5. The summed E-state index contributed by atoms with van der Waals surface area (Å²) in [5.41, 5.74) is 5.43. The second kappa shape index (κ2) is 9.74. The fourth-order valence-corrected chi connectivity index (χ4v) is 3.54. The van der Waals surface area contributed by atoms with Crippen LogP contribution in [0.2, 0.25) is 0 Å². The van der Waals surface area contributed by atoms with Gasteiger partial charge in [0.05, 0.1) is 12.5 Å². The lowest BCUT2D eigenvalue weighted by molar-refractivity contribution is -0.151. The average molecular weight is 488 g/mol. The van der Waals surface area contributed by atoms with Gasteiger partial charge in [-0.3, -0.25) is 29.6 Å². The van der Waals surface area contributed by atoms with E-state index in [0.29, 0.717) is 11.3 Å². The van der Waals surface area contributed by atoms with Crippen molar-refractivity contribution in [1.82, 2.24) is 10.4 Å². The number of anilines is 1. The Bertz CT molecular complexity index is 1030. The first kappa shape index (κ1) is 22.5. The van der Waals surface area contributed by atoms with E-state index in [1.54, 1.807) is 36.4 Å². The van der Waals surface area contributed by atoms with Crippen LogP contribution in [0, 0.1) is 19.8 Å². The molecule has 9 heteroatoms. The van der Waals surface area contributed by atoms with Gasteiger partial charge in [0, 0.05) is 22.1 Å². The van der Waals surface area contributed by atoms with E-state index in [4.69, 9.17) is 4.74 Å². The van der Waals surface area contributed by atoms with Crippen LogP contribution in [-0.2, 0) is 19.1 Å². The molecule has 0 saturated carbocycles. The number of benzene rings is 2. The van der Waals surface area contributed by atoms with Crippen LogP contribution in [0.1, 0.15) is 27.9 Å². The first-order chi connectivity index (χ1) is 14.8. The Morgan fingerprint density at radius 3 is 2.52 bits per heavy atom. The predicted molar refractivity (Wildman–Crippen MR) is 117 cm³/mol. The molecule has 8 nitrogen and oxygen atoms in total. The van der Waals surface area contributed by atoms with Crippen LogP contribution < -0.4 is 10.7 Å². The van der Waals surface area contributed by atoms with Gasteiger partial charge in [0.25, 0.3) is 11.8 Å². The molecule has 1 saturated heterocycles. The number of ether oxygens (including phenoxy) is 1. The zero-order valence-electron chi connectivity index (χ0n) is 17.1. The smallest absolute Gasteiger partial charge is 0.311 e. The number of nitrogens with one attached hydrogen (secondary N) is 2. The molecule has 1 atom stereocenters. The predicted octanol–water partition coefficient (Wildman–Crippen LogP) is 2.74. The molecule has 1 aliphatic rings. The molecule has 2 aromatic carbocycles. The Morgan fingerprint density at radius 1 is 1.10 bits per heavy atom. The molecule has 1 aliphatic heterocycles. The van der Waals surface area contributed by atoms with E-state index in [2.05, 4.69) is 26.7 Å². The number of esters is 1. The van der Waals surface area contributed by atoms with Crippen LogP contribution in [0.4, 0.5) is 5.69 Å². The summed E-state index contributed by atoms with van der Waals surface area (Å²) < 4.78 is 6.02. The molecular weight excluding hydrogens is 466 g/mol. The molecule has 0 aliphatic carbocycles. The second-order valence-electron chi connectivity index (χ2n) is 7.21. The molecule has 162 valence electrons. The summed E-state index contributed by atoms with van der Waals surface area (Å²) in [6.07, 6.45) is -0.0967. The van der Waals surface area contributed by atoms with Crippen LogP contribution in [0.3, 0.4) is 0 Å². The van der Waals surface area contributed by atoms with Gasteiger partial charge in [-0.25, -0.2) is 0 Å². The Hall–Kier alpha value is -3.20. The molecule has 0 radical (unpaired) electrons. The third kappa shape index (κ3) is 5.49.